The summed E-state index contributed by atoms with van der Waals surface area (Å²) in [6, 6.07) is 1.88. The first-order valence-corrected chi connectivity index (χ1v) is 12.9. The van der Waals surface area contributed by atoms with Gasteiger partial charge in [-0.05, 0) is 39.7 Å². The number of unbranched alkanes of at least 4 members (excludes halogenated alkanes) is 3. The van der Waals surface area contributed by atoms with Crippen LogP contribution in [0, 0.1) is 6.92 Å². The van der Waals surface area contributed by atoms with Gasteiger partial charge < -0.3 is 35.8 Å². The van der Waals surface area contributed by atoms with E-state index in [0.29, 0.717) is 12.0 Å². The molecule has 5 N–H and O–H groups in total. The number of phenolic OH excluding ortho intramolecular Hbond substituents is 1. The molecule has 0 saturated heterocycles. The summed E-state index contributed by atoms with van der Waals surface area (Å²) in [5, 5.41) is 15.7. The number of esters is 1. The summed E-state index contributed by atoms with van der Waals surface area (Å²) in [7, 11) is 1.17. The van der Waals surface area contributed by atoms with E-state index in [-0.39, 0.29) is 17.9 Å². The van der Waals surface area contributed by atoms with E-state index in [9.17, 15) is 29.1 Å². The van der Waals surface area contributed by atoms with Gasteiger partial charge >= 0.3 is 12.1 Å². The predicted octanol–water partition coefficient (Wildman–Crippen LogP) is 2.21. The van der Waals surface area contributed by atoms with Crippen LogP contribution in [0.15, 0.2) is 18.2 Å². The van der Waals surface area contributed by atoms with E-state index in [0.717, 1.165) is 19.3 Å². The highest BCUT2D eigenvalue weighted by atomic mass is 16.6. The Kier molecular flexibility index (Phi) is 13.2. The molecule has 12 heteroatoms. The molecule has 2 unspecified atom stereocenters. The minimum Gasteiger partial charge on any atom is -0.507 e. The van der Waals surface area contributed by atoms with Crippen LogP contribution in [-0.4, -0.2) is 71.6 Å². The number of carbonyl (C=O) groups excluding carboxylic acids is 5. The van der Waals surface area contributed by atoms with Gasteiger partial charge in [-0.25, -0.2) is 4.79 Å². The first kappa shape index (κ1) is 33.2. The Hall–Kier alpha value is -3.83. The van der Waals surface area contributed by atoms with Gasteiger partial charge in [0.25, 0.3) is 0 Å². The molecule has 218 valence electrons. The van der Waals surface area contributed by atoms with Gasteiger partial charge in [-0.3, -0.25) is 19.2 Å². The van der Waals surface area contributed by atoms with E-state index < -0.39 is 60.4 Å². The van der Waals surface area contributed by atoms with Crippen molar-refractivity contribution in [2.45, 2.75) is 84.4 Å². The van der Waals surface area contributed by atoms with Crippen LogP contribution in [0.4, 0.5) is 4.79 Å². The van der Waals surface area contributed by atoms with E-state index in [4.69, 9.17) is 10.5 Å². The highest BCUT2D eigenvalue weighted by Gasteiger charge is 2.38. The summed E-state index contributed by atoms with van der Waals surface area (Å²) in [6.07, 6.45) is 1.51. The molecule has 0 spiro atoms. The Bertz CT molecular complexity index is 1020. The Labute approximate surface area is 229 Å². The predicted molar refractivity (Wildman–Crippen MR) is 143 cm³/mol. The maximum atomic E-state index is 13.9. The summed E-state index contributed by atoms with van der Waals surface area (Å²) in [5.41, 5.74) is 5.07. The molecule has 2 atom stereocenters. The molecule has 0 saturated carbocycles. The van der Waals surface area contributed by atoms with Crippen LogP contribution >= 0.6 is 0 Å². The number of nitrogens with one attached hydrogen (secondary N) is 2. The number of hydrogen-bond donors (Lipinski definition) is 4. The van der Waals surface area contributed by atoms with Crippen molar-refractivity contribution < 1.29 is 38.6 Å². The van der Waals surface area contributed by atoms with E-state index in [2.05, 4.69) is 15.4 Å². The zero-order valence-electron chi connectivity index (χ0n) is 23.7. The highest BCUT2D eigenvalue weighted by molar-refractivity contribution is 5.95. The number of methoxy groups -OCH3 is 1. The number of ether oxygens (including phenoxy) is 2. The van der Waals surface area contributed by atoms with Crippen LogP contribution in [-0.2, 0) is 28.7 Å². The molecule has 1 aromatic carbocycles. The number of primary amides is 1. The second-order valence-corrected chi connectivity index (χ2v) is 10.2. The monoisotopic (exact) mass is 550 g/mol. The van der Waals surface area contributed by atoms with E-state index >= 15 is 0 Å². The SMILES string of the molecule is CCCCCCN(C(=O)C(CC(N)=O)NC(=O)OC(C)(C)C)C(C(=O)NCC(=O)OC)c1cccc(C)c1O. The standard InChI is InChI=1S/C27H42N4O8/c1-7-8-9-10-14-31(25(36)19(15-20(28)32)30-26(37)39-27(3,4)5)22(24(35)29-16-21(33)38-6)18-13-11-12-17(2)23(18)34/h11-13,19,22,34H,7-10,14-16H2,1-6H3,(H2,28,32)(H,29,35)(H,30,37). The lowest BCUT2D eigenvalue weighted by Crippen LogP contribution is -2.54. The summed E-state index contributed by atoms with van der Waals surface area (Å²) >= 11 is 0. The van der Waals surface area contributed by atoms with Crippen molar-refractivity contribution in [1.29, 1.82) is 0 Å². The first-order chi connectivity index (χ1) is 18.2. The third kappa shape index (κ3) is 11.2. The Morgan fingerprint density at radius 1 is 1.10 bits per heavy atom. The van der Waals surface area contributed by atoms with Crippen molar-refractivity contribution in [3.8, 4) is 5.75 Å². The number of aromatic hydroxyl groups is 1. The zero-order valence-corrected chi connectivity index (χ0v) is 23.7. The number of carbonyl (C=O) groups is 5. The highest BCUT2D eigenvalue weighted by Crippen LogP contribution is 2.32. The number of aryl methyl sites for hydroxylation is 1. The number of rotatable bonds is 14. The van der Waals surface area contributed by atoms with Crippen molar-refractivity contribution in [3.63, 3.8) is 0 Å². The molecule has 0 heterocycles. The van der Waals surface area contributed by atoms with Crippen molar-refractivity contribution in [1.82, 2.24) is 15.5 Å². The lowest BCUT2D eigenvalue weighted by atomic mass is 9.98. The number of hydrogen-bond acceptors (Lipinski definition) is 8. The molecule has 0 radical (unpaired) electrons. The Morgan fingerprint density at radius 2 is 1.77 bits per heavy atom. The fourth-order valence-electron chi connectivity index (χ4n) is 3.81. The van der Waals surface area contributed by atoms with Crippen LogP contribution in [0.1, 0.15) is 77.0 Å². The van der Waals surface area contributed by atoms with Gasteiger partial charge in [-0.15, -0.1) is 0 Å². The van der Waals surface area contributed by atoms with Gasteiger partial charge in [0.1, 0.15) is 30.0 Å². The molecule has 4 amide bonds. The smallest absolute Gasteiger partial charge is 0.408 e. The summed E-state index contributed by atoms with van der Waals surface area (Å²) in [5.74, 6) is -3.33. The third-order valence-corrected chi connectivity index (χ3v) is 5.69. The minimum atomic E-state index is -1.45. The van der Waals surface area contributed by atoms with E-state index in [1.165, 1.54) is 18.1 Å². The Balaban J connectivity index is 3.58. The second-order valence-electron chi connectivity index (χ2n) is 10.2. The molecular formula is C27H42N4O8. The molecule has 0 aliphatic carbocycles. The Morgan fingerprint density at radius 3 is 2.33 bits per heavy atom. The van der Waals surface area contributed by atoms with Crippen LogP contribution in [0.3, 0.4) is 0 Å². The first-order valence-electron chi connectivity index (χ1n) is 12.9. The van der Waals surface area contributed by atoms with Crippen molar-refractivity contribution >= 4 is 29.8 Å². The normalized spacial score (nSPS) is 12.6. The van der Waals surface area contributed by atoms with Crippen LogP contribution in [0.2, 0.25) is 0 Å². The minimum absolute atomic E-state index is 0.0494. The zero-order chi connectivity index (χ0) is 29.8. The molecule has 0 aliphatic rings. The third-order valence-electron chi connectivity index (χ3n) is 5.69. The quantitative estimate of drug-likeness (QED) is 0.201. The van der Waals surface area contributed by atoms with Gasteiger partial charge in [0.15, 0.2) is 0 Å². The summed E-state index contributed by atoms with van der Waals surface area (Å²) < 4.78 is 9.85. The van der Waals surface area contributed by atoms with Gasteiger partial charge in [-0.2, -0.15) is 0 Å². The molecule has 39 heavy (non-hydrogen) atoms. The number of benzene rings is 1. The van der Waals surface area contributed by atoms with Gasteiger partial charge in [0.05, 0.1) is 13.5 Å². The molecular weight excluding hydrogens is 508 g/mol. The molecule has 1 aromatic rings. The van der Waals surface area contributed by atoms with E-state index in [1.54, 1.807) is 39.8 Å². The fourth-order valence-corrected chi connectivity index (χ4v) is 3.81. The molecule has 0 bridgehead atoms. The lowest BCUT2D eigenvalue weighted by Gasteiger charge is -2.34. The lowest BCUT2D eigenvalue weighted by molar-refractivity contribution is -0.145. The maximum Gasteiger partial charge on any atom is 0.408 e. The van der Waals surface area contributed by atoms with Gasteiger partial charge in [0, 0.05) is 12.1 Å². The topological polar surface area (TPSA) is 177 Å². The van der Waals surface area contributed by atoms with E-state index in [1.807, 2.05) is 6.92 Å². The average Bonchev–Trinajstić information content (AvgIpc) is 2.84. The van der Waals surface area contributed by atoms with Crippen molar-refractivity contribution in [3.05, 3.63) is 29.3 Å². The summed E-state index contributed by atoms with van der Waals surface area (Å²) in [6.45, 7) is 8.14. The molecule has 1 rings (SSSR count). The van der Waals surface area contributed by atoms with Crippen LogP contribution < -0.4 is 16.4 Å². The number of nitrogens with zero attached hydrogens (tertiary/aromatic N) is 1. The van der Waals surface area contributed by atoms with Gasteiger partial charge in [-0.1, -0.05) is 44.4 Å². The number of phenols is 1. The molecule has 12 nitrogen and oxygen atoms in total. The number of para-hydroxylation sites is 1. The van der Waals surface area contributed by atoms with Gasteiger partial charge in [0.2, 0.25) is 17.7 Å². The summed E-state index contributed by atoms with van der Waals surface area (Å²) in [4.78, 5) is 64.8. The second kappa shape index (κ2) is 15.6. The maximum absolute atomic E-state index is 13.9. The van der Waals surface area contributed by atoms with Crippen LogP contribution in [0.25, 0.3) is 0 Å². The van der Waals surface area contributed by atoms with Crippen molar-refractivity contribution in [2.24, 2.45) is 5.73 Å². The van der Waals surface area contributed by atoms with Crippen LogP contribution in [0.5, 0.6) is 5.75 Å². The fraction of sp³-hybridized carbons (Fsp3) is 0.593. The number of nitrogens with two attached hydrogens (primary N) is 1. The number of alkyl carbamates (subject to hydrolysis) is 1. The largest absolute Gasteiger partial charge is 0.507 e. The molecule has 0 aromatic heterocycles. The number of amides is 4. The molecule has 0 aliphatic heterocycles. The average molecular weight is 551 g/mol. The van der Waals surface area contributed by atoms with Crippen molar-refractivity contribution in [2.75, 3.05) is 20.2 Å². The molecule has 0 fully saturated rings.